The van der Waals surface area contributed by atoms with Gasteiger partial charge >= 0.3 is 0 Å². The van der Waals surface area contributed by atoms with Gasteiger partial charge in [0.1, 0.15) is 0 Å². The van der Waals surface area contributed by atoms with Crippen molar-refractivity contribution in [2.24, 2.45) is 0 Å². The van der Waals surface area contributed by atoms with Gasteiger partial charge in [-0.2, -0.15) is 0 Å². The summed E-state index contributed by atoms with van der Waals surface area (Å²) in [6.45, 7) is -0.397. The first-order valence-corrected chi connectivity index (χ1v) is 7.96. The molecule has 0 radical (unpaired) electrons. The van der Waals surface area contributed by atoms with Crippen LogP contribution in [0.5, 0.6) is 0 Å². The first kappa shape index (κ1) is 17.6. The van der Waals surface area contributed by atoms with Gasteiger partial charge < -0.3 is 5.32 Å². The molecule has 0 unspecified atom stereocenters. The van der Waals surface area contributed by atoms with Crippen molar-refractivity contribution in [3.63, 3.8) is 0 Å². The summed E-state index contributed by atoms with van der Waals surface area (Å²) >= 11 is 5.93. The maximum absolute atomic E-state index is 12.2. The molecule has 0 saturated carbocycles. The number of carbonyl (C=O) groups excluding carboxylic acids is 2. The number of benzene rings is 2. The molecule has 0 bridgehead atoms. The van der Waals surface area contributed by atoms with Crippen LogP contribution in [-0.4, -0.2) is 38.3 Å². The van der Waals surface area contributed by atoms with E-state index in [1.165, 1.54) is 10.2 Å². The van der Waals surface area contributed by atoms with Crippen molar-refractivity contribution < 1.29 is 14.8 Å². The van der Waals surface area contributed by atoms with E-state index in [-0.39, 0.29) is 5.82 Å². The van der Waals surface area contributed by atoms with Crippen LogP contribution in [0.1, 0.15) is 10.6 Å². The fraction of sp³-hybridized carbons (Fsp3) is 0.0588. The summed E-state index contributed by atoms with van der Waals surface area (Å²) in [5.74, 6) is -1.04. The number of nitrogens with one attached hydrogen (secondary N) is 2. The van der Waals surface area contributed by atoms with Crippen LogP contribution in [0.25, 0.3) is 17.1 Å². The van der Waals surface area contributed by atoms with Crippen molar-refractivity contribution in [1.82, 2.24) is 25.6 Å². The summed E-state index contributed by atoms with van der Waals surface area (Å²) in [5.41, 5.74) is 2.87. The topological polar surface area (TPSA) is 109 Å². The molecular formula is C17H14ClN5O3. The number of nitrogens with zero attached hydrogens (tertiary/aromatic N) is 3. The molecule has 0 aliphatic heterocycles. The third kappa shape index (κ3) is 3.88. The lowest BCUT2D eigenvalue weighted by Crippen LogP contribution is -2.35. The van der Waals surface area contributed by atoms with Gasteiger partial charge in [0.25, 0.3) is 11.8 Å². The number of amides is 2. The van der Waals surface area contributed by atoms with Crippen LogP contribution < -0.4 is 10.8 Å². The SMILES string of the molecule is O=C(CNC(=O)c1nc(-c2ccccc2)n(-c2ccc(Cl)cc2)n1)NO. The van der Waals surface area contributed by atoms with Crippen LogP contribution >= 0.6 is 11.6 Å². The minimum atomic E-state index is -0.751. The molecule has 3 N–H and O–H groups in total. The Balaban J connectivity index is 1.99. The van der Waals surface area contributed by atoms with Gasteiger partial charge in [-0.1, -0.05) is 41.9 Å². The predicted molar refractivity (Wildman–Crippen MR) is 94.1 cm³/mol. The molecule has 2 amide bonds. The van der Waals surface area contributed by atoms with Crippen LogP contribution in [0, 0.1) is 0 Å². The normalized spacial score (nSPS) is 10.4. The predicted octanol–water partition coefficient (Wildman–Crippen LogP) is 1.82. The van der Waals surface area contributed by atoms with Gasteiger partial charge in [-0.15, -0.1) is 5.10 Å². The Labute approximate surface area is 153 Å². The van der Waals surface area contributed by atoms with E-state index in [9.17, 15) is 9.59 Å². The number of hydrogen-bond donors (Lipinski definition) is 3. The van der Waals surface area contributed by atoms with E-state index < -0.39 is 18.4 Å². The van der Waals surface area contributed by atoms with E-state index >= 15 is 0 Å². The Bertz CT molecular complexity index is 925. The lowest BCUT2D eigenvalue weighted by Gasteiger charge is -2.05. The van der Waals surface area contributed by atoms with Crippen LogP contribution in [0.15, 0.2) is 54.6 Å². The highest BCUT2D eigenvalue weighted by atomic mass is 35.5. The monoisotopic (exact) mass is 371 g/mol. The fourth-order valence-electron chi connectivity index (χ4n) is 2.22. The number of hydroxylamine groups is 1. The number of aromatic nitrogens is 3. The summed E-state index contributed by atoms with van der Waals surface area (Å²) in [5, 5.41) is 15.6. The Hall–Kier alpha value is -3.23. The van der Waals surface area contributed by atoms with Gasteiger partial charge in [0.2, 0.25) is 5.82 Å². The molecule has 0 spiro atoms. The van der Waals surface area contributed by atoms with Crippen molar-refractivity contribution in [3.8, 4) is 17.1 Å². The molecule has 0 atom stereocenters. The first-order chi connectivity index (χ1) is 12.6. The molecule has 9 heteroatoms. The van der Waals surface area contributed by atoms with E-state index in [0.29, 0.717) is 16.5 Å². The molecule has 26 heavy (non-hydrogen) atoms. The number of carbonyl (C=O) groups is 2. The zero-order chi connectivity index (χ0) is 18.5. The second-order valence-electron chi connectivity index (χ2n) is 5.23. The smallest absolute Gasteiger partial charge is 0.291 e. The first-order valence-electron chi connectivity index (χ1n) is 7.58. The molecule has 1 aromatic heterocycles. The van der Waals surface area contributed by atoms with Crippen molar-refractivity contribution in [2.45, 2.75) is 0 Å². The number of hydrogen-bond acceptors (Lipinski definition) is 5. The second kappa shape index (κ2) is 7.77. The lowest BCUT2D eigenvalue weighted by molar-refractivity contribution is -0.128. The Morgan fingerprint density at radius 1 is 1.08 bits per heavy atom. The molecule has 0 aliphatic carbocycles. The van der Waals surface area contributed by atoms with Crippen molar-refractivity contribution in [2.75, 3.05) is 6.54 Å². The van der Waals surface area contributed by atoms with Crippen LogP contribution in [0.3, 0.4) is 0 Å². The van der Waals surface area contributed by atoms with Crippen molar-refractivity contribution in [3.05, 3.63) is 65.4 Å². The van der Waals surface area contributed by atoms with E-state index in [2.05, 4.69) is 15.4 Å². The number of halogens is 1. The van der Waals surface area contributed by atoms with Gasteiger partial charge in [-0.25, -0.2) is 15.1 Å². The van der Waals surface area contributed by atoms with E-state index in [1.54, 1.807) is 24.3 Å². The molecule has 132 valence electrons. The largest absolute Gasteiger partial charge is 0.340 e. The standard InChI is InChI=1S/C17H14ClN5O3/c18-12-6-8-13(9-7-12)23-16(11-4-2-1-3-5-11)20-15(21-23)17(25)19-10-14(24)22-26/h1-9,26H,10H2,(H,19,25)(H,22,24). The molecule has 0 aliphatic rings. The van der Waals surface area contributed by atoms with E-state index in [1.807, 2.05) is 30.3 Å². The fourth-order valence-corrected chi connectivity index (χ4v) is 2.35. The summed E-state index contributed by atoms with van der Waals surface area (Å²) in [6, 6.07) is 16.2. The minimum absolute atomic E-state index is 0.107. The van der Waals surface area contributed by atoms with Crippen LogP contribution in [0.4, 0.5) is 0 Å². The molecule has 0 fully saturated rings. The summed E-state index contributed by atoms with van der Waals surface area (Å²) in [4.78, 5) is 27.6. The Morgan fingerprint density at radius 3 is 2.42 bits per heavy atom. The average molecular weight is 372 g/mol. The van der Waals surface area contributed by atoms with Gasteiger partial charge in [-0.3, -0.25) is 14.8 Å². The number of rotatable bonds is 5. The second-order valence-corrected chi connectivity index (χ2v) is 5.67. The molecule has 3 aromatic rings. The minimum Gasteiger partial charge on any atom is -0.340 e. The zero-order valence-electron chi connectivity index (χ0n) is 13.4. The zero-order valence-corrected chi connectivity index (χ0v) is 14.1. The van der Waals surface area contributed by atoms with Crippen molar-refractivity contribution in [1.29, 1.82) is 0 Å². The highest BCUT2D eigenvalue weighted by Crippen LogP contribution is 2.22. The highest BCUT2D eigenvalue weighted by molar-refractivity contribution is 6.30. The van der Waals surface area contributed by atoms with Crippen molar-refractivity contribution >= 4 is 23.4 Å². The molecule has 8 nitrogen and oxygen atoms in total. The lowest BCUT2D eigenvalue weighted by atomic mass is 10.2. The molecular weight excluding hydrogens is 358 g/mol. The summed E-state index contributed by atoms with van der Waals surface area (Å²) in [6.07, 6.45) is 0. The van der Waals surface area contributed by atoms with Gasteiger partial charge in [-0.05, 0) is 24.3 Å². The highest BCUT2D eigenvalue weighted by Gasteiger charge is 2.19. The summed E-state index contributed by atoms with van der Waals surface area (Å²) < 4.78 is 1.52. The third-order valence-corrected chi connectivity index (χ3v) is 3.70. The average Bonchev–Trinajstić information content (AvgIpc) is 3.12. The quantitative estimate of drug-likeness (QED) is 0.468. The third-order valence-electron chi connectivity index (χ3n) is 3.45. The van der Waals surface area contributed by atoms with Gasteiger partial charge in [0.05, 0.1) is 12.2 Å². The Kier molecular flexibility index (Phi) is 5.26. The van der Waals surface area contributed by atoms with Crippen LogP contribution in [-0.2, 0) is 4.79 Å². The van der Waals surface area contributed by atoms with Crippen LogP contribution in [0.2, 0.25) is 5.02 Å². The van der Waals surface area contributed by atoms with Gasteiger partial charge in [0.15, 0.2) is 5.82 Å². The molecule has 1 heterocycles. The molecule has 3 rings (SSSR count). The molecule has 2 aromatic carbocycles. The van der Waals surface area contributed by atoms with E-state index in [4.69, 9.17) is 16.8 Å². The Morgan fingerprint density at radius 2 is 1.77 bits per heavy atom. The summed E-state index contributed by atoms with van der Waals surface area (Å²) in [7, 11) is 0. The van der Waals surface area contributed by atoms with E-state index in [0.717, 1.165) is 5.56 Å². The maximum Gasteiger partial charge on any atom is 0.291 e. The van der Waals surface area contributed by atoms with Gasteiger partial charge in [0, 0.05) is 10.6 Å². The molecule has 0 saturated heterocycles. The maximum atomic E-state index is 12.2.